The molecule has 2 heterocycles. The molecule has 1 aromatic heterocycles. The normalized spacial score (nSPS) is 17.5. The van der Waals surface area contributed by atoms with E-state index in [2.05, 4.69) is 15.7 Å². The fourth-order valence-corrected chi connectivity index (χ4v) is 3.57. The van der Waals surface area contributed by atoms with Crippen LogP contribution < -0.4 is 15.4 Å². The second kappa shape index (κ2) is 7.70. The molecule has 0 spiro atoms. The third-order valence-corrected chi connectivity index (χ3v) is 5.50. The van der Waals surface area contributed by atoms with Gasteiger partial charge in [-0.05, 0) is 45.0 Å². The molecule has 1 atom stereocenters. The van der Waals surface area contributed by atoms with E-state index in [1.165, 1.54) is 13.0 Å². The molecule has 0 radical (unpaired) electrons. The summed E-state index contributed by atoms with van der Waals surface area (Å²) in [5.41, 5.74) is 0.681. The summed E-state index contributed by atoms with van der Waals surface area (Å²) >= 11 is 5.95. The smallest absolute Gasteiger partial charge is 0.278 e. The summed E-state index contributed by atoms with van der Waals surface area (Å²) in [5, 5.41) is 10.3. The molecule has 0 bridgehead atoms. The predicted molar refractivity (Wildman–Crippen MR) is 115 cm³/mol. The van der Waals surface area contributed by atoms with E-state index in [4.69, 9.17) is 16.3 Å². The SMILES string of the molecule is Cc1nn(Cc2ccccc2F)c(C)c1NC(=O)C1(C)Oc2ccc(Cl)cc2NC1=O. The van der Waals surface area contributed by atoms with E-state index in [0.717, 1.165) is 0 Å². The van der Waals surface area contributed by atoms with Gasteiger partial charge >= 0.3 is 0 Å². The molecule has 1 aliphatic rings. The molecule has 1 unspecified atom stereocenters. The lowest BCUT2D eigenvalue weighted by Gasteiger charge is -2.33. The maximum Gasteiger partial charge on any atom is 0.278 e. The molecule has 2 aromatic carbocycles. The number of ether oxygens (including phenoxy) is 1. The molecular formula is C22H20ClFN4O3. The number of rotatable bonds is 4. The molecule has 9 heteroatoms. The first-order valence-electron chi connectivity index (χ1n) is 9.58. The minimum Gasteiger partial charge on any atom is -0.466 e. The van der Waals surface area contributed by atoms with Crippen LogP contribution in [0.3, 0.4) is 0 Å². The Morgan fingerprint density at radius 2 is 2.03 bits per heavy atom. The number of benzene rings is 2. The Kier molecular flexibility index (Phi) is 5.18. The van der Waals surface area contributed by atoms with E-state index in [0.29, 0.717) is 39.1 Å². The van der Waals surface area contributed by atoms with Crippen LogP contribution in [0.5, 0.6) is 5.75 Å². The Bertz CT molecular complexity index is 1210. The molecule has 2 N–H and O–H groups in total. The number of nitrogens with zero attached hydrogens (tertiary/aromatic N) is 2. The first-order chi connectivity index (χ1) is 14.7. The summed E-state index contributed by atoms with van der Waals surface area (Å²) in [6.45, 7) is 5.08. The van der Waals surface area contributed by atoms with E-state index in [1.807, 2.05) is 0 Å². The van der Waals surface area contributed by atoms with Crippen LogP contribution in [0.4, 0.5) is 15.8 Å². The predicted octanol–water partition coefficient (Wildman–Crippen LogP) is 4.07. The number of fused-ring (bicyclic) bond motifs is 1. The fraction of sp³-hybridized carbons (Fsp3) is 0.227. The van der Waals surface area contributed by atoms with Gasteiger partial charge in [-0.25, -0.2) is 4.39 Å². The standard InChI is InChI=1S/C22H20ClFN4O3/c1-12-19(13(2)28(27-12)11-14-6-4-5-7-16(14)24)26-21(30)22(3)20(29)25-17-10-15(23)8-9-18(17)31-22/h4-10H,11H2,1-3H3,(H,25,29)(H,26,30). The van der Waals surface area contributed by atoms with Crippen molar-refractivity contribution in [1.82, 2.24) is 9.78 Å². The first-order valence-corrected chi connectivity index (χ1v) is 9.95. The lowest BCUT2D eigenvalue weighted by atomic mass is 10.0. The van der Waals surface area contributed by atoms with Gasteiger partial charge in [-0.15, -0.1) is 0 Å². The van der Waals surface area contributed by atoms with Crippen LogP contribution in [0.2, 0.25) is 5.02 Å². The Morgan fingerprint density at radius 1 is 1.29 bits per heavy atom. The van der Waals surface area contributed by atoms with Gasteiger partial charge in [-0.2, -0.15) is 5.10 Å². The van der Waals surface area contributed by atoms with Crippen molar-refractivity contribution >= 4 is 34.8 Å². The van der Waals surface area contributed by atoms with E-state index in [-0.39, 0.29) is 12.4 Å². The molecule has 0 saturated carbocycles. The molecule has 0 saturated heterocycles. The molecular weight excluding hydrogens is 423 g/mol. The Balaban J connectivity index is 1.59. The third-order valence-electron chi connectivity index (χ3n) is 5.27. The highest BCUT2D eigenvalue weighted by atomic mass is 35.5. The lowest BCUT2D eigenvalue weighted by molar-refractivity contribution is -0.143. The zero-order chi connectivity index (χ0) is 22.3. The number of anilines is 2. The monoisotopic (exact) mass is 442 g/mol. The van der Waals surface area contributed by atoms with Crippen LogP contribution in [0.1, 0.15) is 23.9 Å². The Morgan fingerprint density at radius 3 is 2.77 bits per heavy atom. The van der Waals surface area contributed by atoms with Crippen LogP contribution >= 0.6 is 11.6 Å². The molecule has 31 heavy (non-hydrogen) atoms. The van der Waals surface area contributed by atoms with Crippen molar-refractivity contribution in [2.75, 3.05) is 10.6 Å². The number of hydrogen-bond donors (Lipinski definition) is 2. The number of amides is 2. The number of nitrogens with one attached hydrogen (secondary N) is 2. The van der Waals surface area contributed by atoms with Gasteiger partial charge < -0.3 is 15.4 Å². The summed E-state index contributed by atoms with van der Waals surface area (Å²) in [5.74, 6) is -1.26. The summed E-state index contributed by atoms with van der Waals surface area (Å²) < 4.78 is 21.4. The highest BCUT2D eigenvalue weighted by molar-refractivity contribution is 6.31. The van der Waals surface area contributed by atoms with Crippen molar-refractivity contribution in [2.24, 2.45) is 0 Å². The second-order valence-electron chi connectivity index (χ2n) is 7.48. The molecule has 2 amide bonds. The van der Waals surface area contributed by atoms with Crippen LogP contribution in [0, 0.1) is 19.7 Å². The zero-order valence-corrected chi connectivity index (χ0v) is 17.9. The number of halogens is 2. The molecule has 160 valence electrons. The highest BCUT2D eigenvalue weighted by Crippen LogP contribution is 2.36. The van der Waals surface area contributed by atoms with Crippen LogP contribution in [-0.2, 0) is 16.1 Å². The van der Waals surface area contributed by atoms with E-state index in [1.54, 1.807) is 54.9 Å². The molecule has 3 aromatic rings. The van der Waals surface area contributed by atoms with E-state index < -0.39 is 17.4 Å². The van der Waals surface area contributed by atoms with Crippen molar-refractivity contribution in [1.29, 1.82) is 0 Å². The van der Waals surface area contributed by atoms with Crippen molar-refractivity contribution in [2.45, 2.75) is 32.9 Å². The van der Waals surface area contributed by atoms with Crippen molar-refractivity contribution in [3.05, 3.63) is 70.3 Å². The number of aryl methyl sites for hydroxylation is 1. The largest absolute Gasteiger partial charge is 0.466 e. The van der Waals surface area contributed by atoms with Gasteiger partial charge in [0.05, 0.1) is 29.3 Å². The maximum atomic E-state index is 14.0. The van der Waals surface area contributed by atoms with Crippen LogP contribution in [0.15, 0.2) is 42.5 Å². The van der Waals surface area contributed by atoms with Crippen molar-refractivity contribution < 1.29 is 18.7 Å². The topological polar surface area (TPSA) is 85.2 Å². The Hall–Kier alpha value is -3.39. The third kappa shape index (κ3) is 3.74. The van der Waals surface area contributed by atoms with E-state index >= 15 is 0 Å². The molecule has 1 aliphatic heterocycles. The molecule has 7 nitrogen and oxygen atoms in total. The number of carbonyl (C=O) groups excluding carboxylic acids is 2. The van der Waals surface area contributed by atoms with Gasteiger partial charge in [0.15, 0.2) is 0 Å². The van der Waals surface area contributed by atoms with Gasteiger partial charge in [0.2, 0.25) is 0 Å². The minimum atomic E-state index is -1.80. The van der Waals surface area contributed by atoms with Crippen molar-refractivity contribution in [3.8, 4) is 5.75 Å². The van der Waals surface area contributed by atoms with Crippen LogP contribution in [-0.4, -0.2) is 27.2 Å². The minimum absolute atomic E-state index is 0.206. The Labute approximate surface area is 183 Å². The van der Waals surface area contributed by atoms with Gasteiger partial charge in [-0.1, -0.05) is 29.8 Å². The van der Waals surface area contributed by atoms with Gasteiger partial charge in [0.25, 0.3) is 17.4 Å². The van der Waals surface area contributed by atoms with Gasteiger partial charge in [0, 0.05) is 10.6 Å². The first kappa shape index (κ1) is 20.9. The average Bonchev–Trinajstić information content (AvgIpc) is 2.98. The van der Waals surface area contributed by atoms with Gasteiger partial charge in [-0.3, -0.25) is 14.3 Å². The number of carbonyl (C=O) groups is 2. The summed E-state index contributed by atoms with van der Waals surface area (Å²) in [4.78, 5) is 25.8. The maximum absolute atomic E-state index is 14.0. The van der Waals surface area contributed by atoms with Crippen LogP contribution in [0.25, 0.3) is 0 Å². The highest BCUT2D eigenvalue weighted by Gasteiger charge is 2.47. The quantitative estimate of drug-likeness (QED) is 0.596. The summed E-state index contributed by atoms with van der Waals surface area (Å²) in [6, 6.07) is 11.2. The fourth-order valence-electron chi connectivity index (χ4n) is 3.40. The van der Waals surface area contributed by atoms with Crippen molar-refractivity contribution in [3.63, 3.8) is 0 Å². The van der Waals surface area contributed by atoms with Gasteiger partial charge in [0.1, 0.15) is 11.6 Å². The summed E-state index contributed by atoms with van der Waals surface area (Å²) in [6.07, 6.45) is 0. The molecule has 4 rings (SSSR count). The number of aromatic nitrogens is 2. The zero-order valence-electron chi connectivity index (χ0n) is 17.1. The summed E-state index contributed by atoms with van der Waals surface area (Å²) in [7, 11) is 0. The van der Waals surface area contributed by atoms with E-state index in [9.17, 15) is 14.0 Å². The number of hydrogen-bond acceptors (Lipinski definition) is 4. The molecule has 0 fully saturated rings. The average molecular weight is 443 g/mol. The lowest BCUT2D eigenvalue weighted by Crippen LogP contribution is -2.56. The molecule has 0 aliphatic carbocycles. The second-order valence-corrected chi connectivity index (χ2v) is 7.92.